The molecule has 0 aromatic carbocycles. The van der Waals surface area contributed by atoms with Gasteiger partial charge in [-0.15, -0.1) is 0 Å². The maximum absolute atomic E-state index is 11.4. The number of hydrogen-bond donors (Lipinski definition) is 0. The van der Waals surface area contributed by atoms with Crippen LogP contribution in [0, 0.1) is 17.3 Å². The molecule has 0 radical (unpaired) electrons. The summed E-state index contributed by atoms with van der Waals surface area (Å²) >= 11 is 0. The lowest BCUT2D eigenvalue weighted by Gasteiger charge is -2.28. The van der Waals surface area contributed by atoms with Crippen LogP contribution in [0.15, 0.2) is 0 Å². The van der Waals surface area contributed by atoms with E-state index in [1.807, 2.05) is 0 Å². The fourth-order valence-electron chi connectivity index (χ4n) is 2.68. The number of hydrogen-bond acceptors (Lipinski definition) is 3. The van der Waals surface area contributed by atoms with Gasteiger partial charge in [-0.2, -0.15) is 0 Å². The molecule has 2 rings (SSSR count). The third-order valence-corrected chi connectivity index (χ3v) is 3.92. The largest absolute Gasteiger partial charge is 0.469 e. The smallest absolute Gasteiger partial charge is 0.309 e. The molecule has 0 N–H and O–H groups in total. The third kappa shape index (κ3) is 1.54. The first-order valence-electron chi connectivity index (χ1n) is 5.34. The second kappa shape index (κ2) is 3.54. The highest BCUT2D eigenvalue weighted by atomic mass is 16.5. The first-order chi connectivity index (χ1) is 6.68. The molecule has 0 amide bonds. The van der Waals surface area contributed by atoms with E-state index in [0.717, 1.165) is 32.5 Å². The highest BCUT2D eigenvalue weighted by Crippen LogP contribution is 2.60. The lowest BCUT2D eigenvalue weighted by molar-refractivity contribution is -0.143. The van der Waals surface area contributed by atoms with Gasteiger partial charge in [-0.1, -0.05) is 6.92 Å². The predicted octanol–water partition coefficient (Wildman–Crippen LogP) is 1.61. The Bertz CT molecular complexity index is 233. The van der Waals surface area contributed by atoms with Gasteiger partial charge in [0.25, 0.3) is 0 Å². The summed E-state index contributed by atoms with van der Waals surface area (Å²) in [6.07, 6.45) is 3.21. The Hall–Kier alpha value is -0.570. The molecule has 0 aromatic heterocycles. The fraction of sp³-hybridized carbons (Fsp3) is 0.909. The Kier molecular flexibility index (Phi) is 2.52. The molecule has 2 unspecified atom stereocenters. The summed E-state index contributed by atoms with van der Waals surface area (Å²) in [5.41, 5.74) is 0.205. The van der Waals surface area contributed by atoms with Gasteiger partial charge in [-0.3, -0.25) is 4.79 Å². The lowest BCUT2D eigenvalue weighted by Crippen LogP contribution is -2.25. The van der Waals surface area contributed by atoms with Gasteiger partial charge in [0, 0.05) is 13.2 Å². The van der Waals surface area contributed by atoms with Crippen LogP contribution in [-0.4, -0.2) is 26.3 Å². The zero-order valence-corrected chi connectivity index (χ0v) is 8.91. The normalized spacial score (nSPS) is 38.0. The van der Waals surface area contributed by atoms with Crippen molar-refractivity contribution in [3.05, 3.63) is 0 Å². The molecule has 3 heteroatoms. The number of esters is 1. The Morgan fingerprint density at radius 2 is 2.07 bits per heavy atom. The fourth-order valence-corrected chi connectivity index (χ4v) is 2.68. The molecule has 2 atom stereocenters. The average molecular weight is 198 g/mol. The van der Waals surface area contributed by atoms with E-state index in [1.54, 1.807) is 0 Å². The summed E-state index contributed by atoms with van der Waals surface area (Å²) in [4.78, 5) is 11.4. The molecule has 1 saturated carbocycles. The van der Waals surface area contributed by atoms with Crippen LogP contribution in [0.1, 0.15) is 26.2 Å². The van der Waals surface area contributed by atoms with Crippen LogP contribution in [0.4, 0.5) is 0 Å². The first-order valence-corrected chi connectivity index (χ1v) is 5.34. The van der Waals surface area contributed by atoms with Gasteiger partial charge in [-0.25, -0.2) is 0 Å². The van der Waals surface area contributed by atoms with Gasteiger partial charge in [-0.05, 0) is 30.6 Å². The number of methoxy groups -OCH3 is 1. The van der Waals surface area contributed by atoms with Crippen molar-refractivity contribution in [2.45, 2.75) is 26.2 Å². The van der Waals surface area contributed by atoms with Crippen molar-refractivity contribution in [2.75, 3.05) is 20.3 Å². The molecule has 0 bridgehead atoms. The predicted molar refractivity (Wildman–Crippen MR) is 51.8 cm³/mol. The zero-order chi connectivity index (χ0) is 10.2. The van der Waals surface area contributed by atoms with Gasteiger partial charge in [0.15, 0.2) is 0 Å². The maximum atomic E-state index is 11.4. The monoisotopic (exact) mass is 198 g/mol. The zero-order valence-electron chi connectivity index (χ0n) is 8.91. The Morgan fingerprint density at radius 3 is 2.64 bits per heavy atom. The molecule has 2 fully saturated rings. The highest BCUT2D eigenvalue weighted by molar-refractivity contribution is 5.76. The number of carbonyl (C=O) groups excluding carboxylic acids is 1. The summed E-state index contributed by atoms with van der Waals surface area (Å²) in [7, 11) is 1.48. The lowest BCUT2D eigenvalue weighted by atomic mass is 9.83. The van der Waals surface area contributed by atoms with Gasteiger partial charge in [0.2, 0.25) is 0 Å². The molecule has 3 nitrogen and oxygen atoms in total. The van der Waals surface area contributed by atoms with Crippen molar-refractivity contribution in [1.82, 2.24) is 0 Å². The van der Waals surface area contributed by atoms with Crippen LogP contribution in [0.25, 0.3) is 0 Å². The molecule has 2 aliphatic rings. The van der Waals surface area contributed by atoms with Crippen LogP contribution < -0.4 is 0 Å². The Balaban J connectivity index is 1.95. The van der Waals surface area contributed by atoms with Gasteiger partial charge in [0.05, 0.1) is 13.0 Å². The van der Waals surface area contributed by atoms with Crippen LogP contribution in [0.2, 0.25) is 0 Å². The van der Waals surface area contributed by atoms with Crippen LogP contribution in [0.3, 0.4) is 0 Å². The van der Waals surface area contributed by atoms with E-state index < -0.39 is 0 Å². The van der Waals surface area contributed by atoms with Crippen molar-refractivity contribution < 1.29 is 14.3 Å². The SMILES string of the molecule is COC(=O)C1CC1(C)C1CCOCC1. The quantitative estimate of drug-likeness (QED) is 0.632. The summed E-state index contributed by atoms with van der Waals surface area (Å²) in [6, 6.07) is 0. The van der Waals surface area contributed by atoms with E-state index in [0.29, 0.717) is 5.92 Å². The summed E-state index contributed by atoms with van der Waals surface area (Å²) in [6.45, 7) is 3.92. The van der Waals surface area contributed by atoms with Crippen molar-refractivity contribution in [3.63, 3.8) is 0 Å². The van der Waals surface area contributed by atoms with Gasteiger partial charge < -0.3 is 9.47 Å². The van der Waals surface area contributed by atoms with E-state index >= 15 is 0 Å². The maximum Gasteiger partial charge on any atom is 0.309 e. The molecule has 1 saturated heterocycles. The van der Waals surface area contributed by atoms with E-state index in [4.69, 9.17) is 9.47 Å². The molecule has 0 aromatic rings. The number of ether oxygens (including phenoxy) is 2. The molecular formula is C11H18O3. The van der Waals surface area contributed by atoms with E-state index in [-0.39, 0.29) is 17.3 Å². The van der Waals surface area contributed by atoms with Crippen molar-refractivity contribution >= 4 is 5.97 Å². The molecule has 1 heterocycles. The molecule has 14 heavy (non-hydrogen) atoms. The Labute approximate surface area is 84.8 Å². The highest BCUT2D eigenvalue weighted by Gasteiger charge is 2.59. The summed E-state index contributed by atoms with van der Waals surface area (Å²) < 4.78 is 10.1. The second-order valence-corrected chi connectivity index (χ2v) is 4.67. The van der Waals surface area contributed by atoms with Crippen LogP contribution in [-0.2, 0) is 14.3 Å². The van der Waals surface area contributed by atoms with E-state index in [1.165, 1.54) is 7.11 Å². The van der Waals surface area contributed by atoms with E-state index in [9.17, 15) is 4.79 Å². The van der Waals surface area contributed by atoms with Crippen molar-refractivity contribution in [3.8, 4) is 0 Å². The second-order valence-electron chi connectivity index (χ2n) is 4.67. The number of carbonyl (C=O) groups is 1. The summed E-state index contributed by atoms with van der Waals surface area (Å²) in [5, 5.41) is 0. The van der Waals surface area contributed by atoms with Crippen LogP contribution >= 0.6 is 0 Å². The molecule has 1 aliphatic carbocycles. The van der Waals surface area contributed by atoms with E-state index in [2.05, 4.69) is 6.92 Å². The molecular weight excluding hydrogens is 180 g/mol. The third-order valence-electron chi connectivity index (χ3n) is 3.92. The number of rotatable bonds is 2. The minimum Gasteiger partial charge on any atom is -0.469 e. The molecule has 0 spiro atoms. The summed E-state index contributed by atoms with van der Waals surface area (Å²) in [5.74, 6) is 0.773. The average Bonchev–Trinajstić information content (AvgIpc) is 2.93. The minimum atomic E-state index is -0.0287. The van der Waals surface area contributed by atoms with Crippen LogP contribution in [0.5, 0.6) is 0 Å². The van der Waals surface area contributed by atoms with Gasteiger partial charge >= 0.3 is 5.97 Å². The topological polar surface area (TPSA) is 35.5 Å². The molecule has 80 valence electrons. The Morgan fingerprint density at radius 1 is 1.43 bits per heavy atom. The van der Waals surface area contributed by atoms with Crippen molar-refractivity contribution in [1.29, 1.82) is 0 Å². The van der Waals surface area contributed by atoms with Gasteiger partial charge in [0.1, 0.15) is 0 Å². The molecule has 1 aliphatic heterocycles. The van der Waals surface area contributed by atoms with Crippen molar-refractivity contribution in [2.24, 2.45) is 17.3 Å². The standard InChI is InChI=1S/C11H18O3/c1-11(7-9(11)10(12)13-2)8-3-5-14-6-4-8/h8-9H,3-7H2,1-2H3. The minimum absolute atomic E-state index is 0.0287. The first kappa shape index (κ1) is 9.97.